The maximum atomic E-state index is 13.1. The number of amides is 1. The van der Waals surface area contributed by atoms with Crippen LogP contribution in [0.2, 0.25) is 0 Å². The molecule has 8 nitrogen and oxygen atoms in total. The molecule has 3 rings (SSSR count). The van der Waals surface area contributed by atoms with Gasteiger partial charge in [-0.25, -0.2) is 15.0 Å². The molecular weight excluding hydrogens is 411 g/mol. The number of halogens is 1. The van der Waals surface area contributed by atoms with E-state index in [-0.39, 0.29) is 30.5 Å². The zero-order chi connectivity index (χ0) is 22.2. The van der Waals surface area contributed by atoms with Gasteiger partial charge in [0, 0.05) is 12.6 Å². The molecule has 0 bridgehead atoms. The van der Waals surface area contributed by atoms with Crippen molar-refractivity contribution < 1.29 is 13.9 Å². The van der Waals surface area contributed by atoms with Gasteiger partial charge in [0.05, 0.1) is 23.2 Å². The summed E-state index contributed by atoms with van der Waals surface area (Å²) in [5, 5.41) is 4.35. The van der Waals surface area contributed by atoms with Crippen LogP contribution in [-0.4, -0.2) is 33.7 Å². The van der Waals surface area contributed by atoms with E-state index >= 15 is 0 Å². The van der Waals surface area contributed by atoms with Gasteiger partial charge in [-0.15, -0.1) is 11.3 Å². The first kappa shape index (κ1) is 22.2. The van der Waals surface area contributed by atoms with Gasteiger partial charge in [0.25, 0.3) is 5.56 Å². The number of thiophene rings is 1. The number of nitrogens with one attached hydrogen (secondary N) is 1. The first-order valence-corrected chi connectivity index (χ1v) is 10.7. The summed E-state index contributed by atoms with van der Waals surface area (Å²) < 4.78 is 20.7. The van der Waals surface area contributed by atoms with E-state index in [0.29, 0.717) is 20.7 Å². The fourth-order valence-corrected chi connectivity index (χ4v) is 4.51. The number of aromatic nitrogens is 2. The van der Waals surface area contributed by atoms with Crippen molar-refractivity contribution in [2.45, 2.75) is 65.6 Å². The summed E-state index contributed by atoms with van der Waals surface area (Å²) in [5.74, 6) is 0.264. The molecule has 164 valence electrons. The zero-order valence-electron chi connectivity index (χ0n) is 17.8. The molecule has 0 aromatic carbocycles. The quantitative estimate of drug-likeness (QED) is 0.553. The lowest BCUT2D eigenvalue weighted by molar-refractivity contribution is 0.0529. The number of rotatable bonds is 6. The van der Waals surface area contributed by atoms with Crippen LogP contribution in [0.25, 0.3) is 10.2 Å². The molecular formula is C20H27FN4O4S. The molecule has 0 spiro atoms. The molecule has 1 N–H and O–H groups in total. The second-order valence-corrected chi connectivity index (χ2v) is 9.61. The molecule has 0 unspecified atom stereocenters. The van der Waals surface area contributed by atoms with E-state index in [2.05, 4.69) is 10.5 Å². The van der Waals surface area contributed by atoms with Gasteiger partial charge in [0.15, 0.2) is 0 Å². The second-order valence-electron chi connectivity index (χ2n) is 8.58. The number of aryl methyl sites for hydroxylation is 2. The van der Waals surface area contributed by atoms with E-state index in [9.17, 15) is 18.8 Å². The Morgan fingerprint density at radius 2 is 2.07 bits per heavy atom. The summed E-state index contributed by atoms with van der Waals surface area (Å²) in [4.78, 5) is 39.0. The third-order valence-corrected chi connectivity index (χ3v) is 6.18. The molecule has 1 aliphatic rings. The number of hydrogen-bond donors (Lipinski definition) is 1. The number of carbonyl (C=O) groups excluding carboxylic acids is 1. The number of fused-ring (bicyclic) bond motifs is 1. The first-order chi connectivity index (χ1) is 14.0. The van der Waals surface area contributed by atoms with Gasteiger partial charge in [0.2, 0.25) is 0 Å². The van der Waals surface area contributed by atoms with E-state index < -0.39 is 24.1 Å². The van der Waals surface area contributed by atoms with Gasteiger partial charge in [-0.1, -0.05) is 6.92 Å². The van der Waals surface area contributed by atoms with Crippen LogP contribution < -0.4 is 16.7 Å². The van der Waals surface area contributed by atoms with Crippen molar-refractivity contribution in [1.29, 1.82) is 0 Å². The lowest BCUT2D eigenvalue weighted by atomic mass is 10.2. The summed E-state index contributed by atoms with van der Waals surface area (Å²) in [6.45, 7) is 8.65. The number of carbonyl (C=O) groups is 1. The summed E-state index contributed by atoms with van der Waals surface area (Å²) in [6, 6.07) is -0.115. The molecule has 10 heteroatoms. The van der Waals surface area contributed by atoms with E-state index in [0.717, 1.165) is 6.42 Å². The minimum absolute atomic E-state index is 0.115. The van der Waals surface area contributed by atoms with Crippen LogP contribution in [0.1, 0.15) is 57.0 Å². The van der Waals surface area contributed by atoms with Crippen molar-refractivity contribution in [3.05, 3.63) is 31.3 Å². The highest BCUT2D eigenvalue weighted by Gasteiger charge is 2.38. The third-order valence-electron chi connectivity index (χ3n) is 4.93. The molecule has 1 fully saturated rings. The Labute approximate surface area is 177 Å². The second kappa shape index (κ2) is 8.33. The molecule has 1 aliphatic carbocycles. The predicted molar refractivity (Wildman–Crippen MR) is 115 cm³/mol. The van der Waals surface area contributed by atoms with E-state index in [1.165, 1.54) is 26.7 Å². The van der Waals surface area contributed by atoms with Crippen LogP contribution in [0.4, 0.5) is 9.18 Å². The Morgan fingerprint density at radius 1 is 1.40 bits per heavy atom. The van der Waals surface area contributed by atoms with Crippen molar-refractivity contribution in [2.24, 2.45) is 11.0 Å². The smallest absolute Gasteiger partial charge is 0.428 e. The summed E-state index contributed by atoms with van der Waals surface area (Å²) in [5.41, 5.74) is 1.60. The fraction of sp³-hybridized carbons (Fsp3) is 0.600. The highest BCUT2D eigenvalue weighted by molar-refractivity contribution is 7.20. The molecule has 30 heavy (non-hydrogen) atoms. The van der Waals surface area contributed by atoms with Gasteiger partial charge >= 0.3 is 11.8 Å². The summed E-state index contributed by atoms with van der Waals surface area (Å²) >= 11 is 1.22. The van der Waals surface area contributed by atoms with Crippen LogP contribution in [0.15, 0.2) is 14.7 Å². The SMILES string of the molecule is Cc1c(C=NNC(=O)OC(C)(C)C)sc2c1c(=O)n([C@H]1C[C@@H]1C)c(=O)n2CCCF. The molecule has 0 radical (unpaired) electrons. The molecule has 2 atom stereocenters. The monoisotopic (exact) mass is 438 g/mol. The van der Waals surface area contributed by atoms with Gasteiger partial charge in [-0.2, -0.15) is 5.10 Å². The van der Waals surface area contributed by atoms with Crippen LogP contribution in [0, 0.1) is 12.8 Å². The largest absolute Gasteiger partial charge is 0.443 e. The Morgan fingerprint density at radius 3 is 2.63 bits per heavy atom. The standard InChI is InChI=1S/C20H27FN4O4S/c1-11-9-13(11)25-16(26)15-12(2)14(10-22-23-18(27)29-20(3,4)5)30-17(15)24(19(25)28)8-6-7-21/h10-11,13H,6-9H2,1-5H3,(H,23,27)/t11-,13-/m0/s1. The van der Waals surface area contributed by atoms with Crippen LogP contribution in [-0.2, 0) is 11.3 Å². The molecule has 1 amide bonds. The highest BCUT2D eigenvalue weighted by atomic mass is 32.1. The average Bonchev–Trinajstić information content (AvgIpc) is 3.24. The van der Waals surface area contributed by atoms with Gasteiger partial charge < -0.3 is 4.74 Å². The number of nitrogens with zero attached hydrogens (tertiary/aromatic N) is 3. The van der Waals surface area contributed by atoms with Crippen molar-refractivity contribution in [2.75, 3.05) is 6.67 Å². The van der Waals surface area contributed by atoms with Gasteiger partial charge in [-0.05, 0) is 52.0 Å². The number of alkyl halides is 1. The van der Waals surface area contributed by atoms with Gasteiger partial charge in [-0.3, -0.25) is 18.3 Å². The van der Waals surface area contributed by atoms with Gasteiger partial charge in [0.1, 0.15) is 10.4 Å². The molecule has 2 aromatic rings. The lowest BCUT2D eigenvalue weighted by Crippen LogP contribution is -2.39. The summed E-state index contributed by atoms with van der Waals surface area (Å²) in [6.07, 6.45) is 1.70. The Balaban J connectivity index is 2.02. The number of hydrogen-bond acceptors (Lipinski definition) is 6. The zero-order valence-corrected chi connectivity index (χ0v) is 18.6. The van der Waals surface area contributed by atoms with E-state index in [1.54, 1.807) is 27.7 Å². The van der Waals surface area contributed by atoms with Crippen molar-refractivity contribution in [3.8, 4) is 0 Å². The van der Waals surface area contributed by atoms with Crippen LogP contribution >= 0.6 is 11.3 Å². The van der Waals surface area contributed by atoms with E-state index in [1.807, 2.05) is 6.92 Å². The molecule has 2 heterocycles. The van der Waals surface area contributed by atoms with Crippen molar-refractivity contribution >= 4 is 33.9 Å². The Hall–Kier alpha value is -2.49. The average molecular weight is 439 g/mol. The topological polar surface area (TPSA) is 94.7 Å². The number of ether oxygens (including phenoxy) is 1. The maximum Gasteiger partial charge on any atom is 0.428 e. The third kappa shape index (κ3) is 4.48. The molecule has 1 saturated carbocycles. The van der Waals surface area contributed by atoms with Crippen LogP contribution in [0.3, 0.4) is 0 Å². The predicted octanol–water partition coefficient (Wildman–Crippen LogP) is 3.33. The lowest BCUT2D eigenvalue weighted by Gasteiger charge is -2.18. The maximum absolute atomic E-state index is 13.1. The normalized spacial score (nSPS) is 18.9. The molecule has 2 aromatic heterocycles. The van der Waals surface area contributed by atoms with E-state index in [4.69, 9.17) is 4.74 Å². The summed E-state index contributed by atoms with van der Waals surface area (Å²) in [7, 11) is 0. The first-order valence-electron chi connectivity index (χ1n) is 9.91. The fourth-order valence-electron chi connectivity index (χ4n) is 3.32. The highest BCUT2D eigenvalue weighted by Crippen LogP contribution is 2.41. The Bertz CT molecular complexity index is 1110. The minimum Gasteiger partial charge on any atom is -0.443 e. The van der Waals surface area contributed by atoms with Crippen molar-refractivity contribution in [1.82, 2.24) is 14.6 Å². The van der Waals surface area contributed by atoms with Crippen LogP contribution in [0.5, 0.6) is 0 Å². The van der Waals surface area contributed by atoms with Crippen molar-refractivity contribution in [3.63, 3.8) is 0 Å². The molecule has 0 saturated heterocycles. The number of hydrazone groups is 1. The Kier molecular flexibility index (Phi) is 6.16. The minimum atomic E-state index is -0.692. The molecule has 0 aliphatic heterocycles.